The molecule has 5 aromatic heterocycles. The molecule has 226 valence electrons. The number of hydrogen-bond acceptors (Lipinski definition) is 2. The van der Waals surface area contributed by atoms with Gasteiger partial charge >= 0.3 is 0 Å². The summed E-state index contributed by atoms with van der Waals surface area (Å²) in [5, 5.41) is 11.1. The SMILES string of the molecule is c1ccc(N(c2ccccc2)c2cc3ccccc3c3c4cccc5c6nc7c(cc6n(c23)c54)c2cccc3c4ccccc4n7c32)cc1. The standard InChI is InChI=1S/C45H26N4/c1-3-14-28(15-4-1)47(29-16-5-2-6-17-29)39-25-27-13-7-8-18-30(27)40-34-22-12-23-35-41-38(48(43(34)35)44(39)40)26-36-33-21-11-20-32-31-19-9-10-24-37(31)49(42(32)33)45(36)46-41/h1-26H. The van der Waals surface area contributed by atoms with Crippen LogP contribution in [-0.2, 0) is 0 Å². The molecule has 0 bridgehead atoms. The summed E-state index contributed by atoms with van der Waals surface area (Å²) in [4.78, 5) is 8.01. The lowest BCUT2D eigenvalue weighted by molar-refractivity contribution is 1.27. The van der Waals surface area contributed by atoms with E-state index in [4.69, 9.17) is 4.98 Å². The predicted molar refractivity (Wildman–Crippen MR) is 206 cm³/mol. The minimum Gasteiger partial charge on any atom is -0.308 e. The fraction of sp³-hybridized carbons (Fsp3) is 0. The fourth-order valence-electron chi connectivity index (χ4n) is 8.79. The Balaban J connectivity index is 1.32. The van der Waals surface area contributed by atoms with Gasteiger partial charge in [0, 0.05) is 49.1 Å². The van der Waals surface area contributed by atoms with Gasteiger partial charge in [-0.15, -0.1) is 0 Å². The second-order valence-corrected chi connectivity index (χ2v) is 13.2. The molecular weight excluding hydrogens is 597 g/mol. The van der Waals surface area contributed by atoms with E-state index in [0.717, 1.165) is 33.7 Å². The number of para-hydroxylation sites is 5. The summed E-state index contributed by atoms with van der Waals surface area (Å²) in [6.07, 6.45) is 0. The van der Waals surface area contributed by atoms with E-state index in [1.165, 1.54) is 70.5 Å². The molecule has 4 heteroatoms. The van der Waals surface area contributed by atoms with Crippen molar-refractivity contribution in [3.8, 4) is 0 Å². The number of anilines is 3. The van der Waals surface area contributed by atoms with E-state index in [1.807, 2.05) is 0 Å². The van der Waals surface area contributed by atoms with Crippen molar-refractivity contribution in [3.63, 3.8) is 0 Å². The number of hydrogen-bond donors (Lipinski definition) is 0. The quantitative estimate of drug-likeness (QED) is 0.196. The van der Waals surface area contributed by atoms with E-state index in [1.54, 1.807) is 0 Å². The fourth-order valence-corrected chi connectivity index (χ4v) is 8.79. The van der Waals surface area contributed by atoms with Crippen molar-refractivity contribution in [1.29, 1.82) is 0 Å². The summed E-state index contributed by atoms with van der Waals surface area (Å²) in [6, 6.07) is 57.2. The van der Waals surface area contributed by atoms with Gasteiger partial charge < -0.3 is 9.30 Å². The minimum absolute atomic E-state index is 1.01. The van der Waals surface area contributed by atoms with Crippen LogP contribution in [0.25, 0.3) is 87.2 Å². The summed E-state index contributed by atoms with van der Waals surface area (Å²) in [7, 11) is 0. The Morgan fingerprint density at radius 3 is 1.78 bits per heavy atom. The molecule has 5 heterocycles. The molecule has 0 fully saturated rings. The van der Waals surface area contributed by atoms with Gasteiger partial charge in [0.2, 0.25) is 0 Å². The maximum Gasteiger partial charge on any atom is 0.146 e. The smallest absolute Gasteiger partial charge is 0.146 e. The molecule has 0 unspecified atom stereocenters. The van der Waals surface area contributed by atoms with Crippen LogP contribution in [0.1, 0.15) is 0 Å². The summed E-state index contributed by atoms with van der Waals surface area (Å²) < 4.78 is 4.89. The van der Waals surface area contributed by atoms with Gasteiger partial charge in [-0.2, -0.15) is 0 Å². The summed E-state index contributed by atoms with van der Waals surface area (Å²) in [6.45, 7) is 0. The summed E-state index contributed by atoms with van der Waals surface area (Å²) in [5.41, 5.74) is 11.4. The van der Waals surface area contributed by atoms with Crippen LogP contribution < -0.4 is 4.90 Å². The van der Waals surface area contributed by atoms with Gasteiger partial charge in [0.05, 0.1) is 38.8 Å². The largest absolute Gasteiger partial charge is 0.308 e. The molecule has 0 aliphatic heterocycles. The monoisotopic (exact) mass is 622 g/mol. The Bertz CT molecular complexity index is 3220. The van der Waals surface area contributed by atoms with Crippen molar-refractivity contribution in [3.05, 3.63) is 158 Å². The summed E-state index contributed by atoms with van der Waals surface area (Å²) in [5.74, 6) is 0. The molecular formula is C45H26N4. The molecule has 0 aliphatic rings. The van der Waals surface area contributed by atoms with E-state index in [-0.39, 0.29) is 0 Å². The van der Waals surface area contributed by atoms with Gasteiger partial charge in [-0.3, -0.25) is 4.40 Å². The van der Waals surface area contributed by atoms with Crippen LogP contribution in [0.15, 0.2) is 158 Å². The molecule has 0 N–H and O–H groups in total. The van der Waals surface area contributed by atoms with Crippen molar-refractivity contribution in [2.24, 2.45) is 0 Å². The highest BCUT2D eigenvalue weighted by atomic mass is 15.2. The highest BCUT2D eigenvalue weighted by Gasteiger charge is 2.27. The normalized spacial score (nSPS) is 12.5. The Hall–Kier alpha value is -6.65. The average molecular weight is 623 g/mol. The van der Waals surface area contributed by atoms with Crippen LogP contribution in [0, 0.1) is 0 Å². The Kier molecular flexibility index (Phi) is 4.69. The van der Waals surface area contributed by atoms with Gasteiger partial charge in [-0.05, 0) is 53.2 Å². The first kappa shape index (κ1) is 25.4. The van der Waals surface area contributed by atoms with Crippen LogP contribution in [0.5, 0.6) is 0 Å². The molecule has 4 nitrogen and oxygen atoms in total. The third-order valence-corrected chi connectivity index (χ3v) is 10.7. The zero-order chi connectivity index (χ0) is 31.8. The molecule has 0 atom stereocenters. The third-order valence-electron chi connectivity index (χ3n) is 10.7. The van der Waals surface area contributed by atoms with Gasteiger partial charge in [0.1, 0.15) is 5.65 Å². The molecule has 0 radical (unpaired) electrons. The number of fused-ring (bicyclic) bond motifs is 14. The van der Waals surface area contributed by atoms with E-state index >= 15 is 0 Å². The highest BCUT2D eigenvalue weighted by Crippen LogP contribution is 2.49. The van der Waals surface area contributed by atoms with E-state index in [2.05, 4.69) is 171 Å². The van der Waals surface area contributed by atoms with Crippen LogP contribution in [-0.4, -0.2) is 13.8 Å². The first-order valence-corrected chi connectivity index (χ1v) is 16.8. The first-order chi connectivity index (χ1) is 24.3. The lowest BCUT2D eigenvalue weighted by Crippen LogP contribution is -2.11. The van der Waals surface area contributed by atoms with Crippen LogP contribution >= 0.6 is 0 Å². The van der Waals surface area contributed by atoms with Crippen molar-refractivity contribution in [1.82, 2.24) is 13.8 Å². The molecule has 49 heavy (non-hydrogen) atoms. The van der Waals surface area contributed by atoms with Gasteiger partial charge in [0.25, 0.3) is 0 Å². The van der Waals surface area contributed by atoms with E-state index < -0.39 is 0 Å². The molecule has 0 saturated carbocycles. The molecule has 12 aromatic rings. The number of benzene rings is 7. The summed E-state index contributed by atoms with van der Waals surface area (Å²) >= 11 is 0. The van der Waals surface area contributed by atoms with Crippen molar-refractivity contribution >= 4 is 104 Å². The second-order valence-electron chi connectivity index (χ2n) is 13.2. The minimum atomic E-state index is 1.01. The molecule has 7 aromatic carbocycles. The van der Waals surface area contributed by atoms with Crippen LogP contribution in [0.4, 0.5) is 17.1 Å². The van der Waals surface area contributed by atoms with Gasteiger partial charge in [-0.25, -0.2) is 4.98 Å². The van der Waals surface area contributed by atoms with E-state index in [9.17, 15) is 0 Å². The number of nitrogens with zero attached hydrogens (tertiary/aromatic N) is 4. The number of pyridine rings is 1. The maximum atomic E-state index is 5.60. The van der Waals surface area contributed by atoms with E-state index in [0.29, 0.717) is 0 Å². The zero-order valence-electron chi connectivity index (χ0n) is 26.3. The predicted octanol–water partition coefficient (Wildman–Crippen LogP) is 12.0. The Labute approximate surface area is 279 Å². The molecule has 0 spiro atoms. The molecule has 0 aliphatic carbocycles. The highest BCUT2D eigenvalue weighted by molar-refractivity contribution is 6.32. The van der Waals surface area contributed by atoms with Crippen molar-refractivity contribution < 1.29 is 0 Å². The maximum absolute atomic E-state index is 5.60. The van der Waals surface area contributed by atoms with Gasteiger partial charge in [0.15, 0.2) is 0 Å². The topological polar surface area (TPSA) is 25.0 Å². The van der Waals surface area contributed by atoms with Crippen LogP contribution in [0.2, 0.25) is 0 Å². The lowest BCUT2D eigenvalue weighted by Gasteiger charge is -2.27. The molecule has 0 amide bonds. The Morgan fingerprint density at radius 1 is 0.408 bits per heavy atom. The average Bonchev–Trinajstić information content (AvgIpc) is 3.89. The Morgan fingerprint density at radius 2 is 1.00 bits per heavy atom. The van der Waals surface area contributed by atoms with Crippen molar-refractivity contribution in [2.45, 2.75) is 0 Å². The molecule has 0 saturated heterocycles. The van der Waals surface area contributed by atoms with Crippen LogP contribution in [0.3, 0.4) is 0 Å². The van der Waals surface area contributed by atoms with Crippen molar-refractivity contribution in [2.75, 3.05) is 4.90 Å². The van der Waals surface area contributed by atoms with Gasteiger partial charge in [-0.1, -0.05) is 115 Å². The lowest BCUT2D eigenvalue weighted by atomic mass is 10.0. The number of aromatic nitrogens is 3. The third kappa shape index (κ3) is 3.12. The number of rotatable bonds is 3. The molecule has 12 rings (SSSR count). The first-order valence-electron chi connectivity index (χ1n) is 16.8. The second kappa shape index (κ2) is 9.03. The zero-order valence-corrected chi connectivity index (χ0v) is 26.3.